The molecule has 0 saturated carbocycles. The Kier molecular flexibility index (Phi) is 10.4. The van der Waals surface area contributed by atoms with Crippen molar-refractivity contribution in [2.45, 2.75) is 120 Å². The van der Waals surface area contributed by atoms with Gasteiger partial charge in [0, 0.05) is 46.3 Å². The van der Waals surface area contributed by atoms with E-state index in [9.17, 15) is 0 Å². The van der Waals surface area contributed by atoms with Crippen LogP contribution in [0.15, 0.2) is 90.6 Å². The average molecular weight is 749 g/mol. The molecule has 56 heavy (non-hydrogen) atoms. The van der Waals surface area contributed by atoms with Crippen LogP contribution in [0.1, 0.15) is 124 Å². The number of allylic oxidation sites excluding steroid dienone is 2. The summed E-state index contributed by atoms with van der Waals surface area (Å²) in [5, 5.41) is 7.70. The smallest absolute Gasteiger partial charge is 0.137 e. The van der Waals surface area contributed by atoms with Crippen molar-refractivity contribution in [3.8, 4) is 23.0 Å². The summed E-state index contributed by atoms with van der Waals surface area (Å²) in [6.07, 6.45) is 5.79. The lowest BCUT2D eigenvalue weighted by Gasteiger charge is -2.41. The van der Waals surface area contributed by atoms with Crippen molar-refractivity contribution in [1.29, 1.82) is 0 Å². The molecule has 1 unspecified atom stereocenters. The van der Waals surface area contributed by atoms with Gasteiger partial charge in [-0.15, -0.1) is 0 Å². The molecule has 3 aromatic heterocycles. The number of rotatable bonds is 8. The molecule has 3 heterocycles. The first-order valence-electron chi connectivity index (χ1n) is 20.9. The van der Waals surface area contributed by atoms with Gasteiger partial charge in [0.05, 0.1) is 22.4 Å². The van der Waals surface area contributed by atoms with Gasteiger partial charge in [-0.2, -0.15) is 5.10 Å². The third-order valence-corrected chi connectivity index (χ3v) is 12.5. The Balaban J connectivity index is 1.34. The zero-order valence-corrected chi connectivity index (χ0v) is 36.5. The predicted octanol–water partition coefficient (Wildman–Crippen LogP) is 14.0. The van der Waals surface area contributed by atoms with Crippen LogP contribution in [0.2, 0.25) is 0 Å². The van der Waals surface area contributed by atoms with Gasteiger partial charge in [0.25, 0.3) is 0 Å². The molecule has 0 aliphatic heterocycles. The van der Waals surface area contributed by atoms with Gasteiger partial charge in [-0.05, 0) is 114 Å². The molecule has 0 fully saturated rings. The topological polar surface area (TPSA) is 44.9 Å². The first-order valence-corrected chi connectivity index (χ1v) is 20.9. The summed E-state index contributed by atoms with van der Waals surface area (Å²) in [4.78, 5) is 4.89. The summed E-state index contributed by atoms with van der Waals surface area (Å²) in [6.45, 7) is 32.4. The monoisotopic (exact) mass is 749 g/mol. The van der Waals surface area contributed by atoms with Crippen LogP contribution in [0.4, 0.5) is 0 Å². The predicted molar refractivity (Wildman–Crippen MR) is 236 cm³/mol. The fourth-order valence-electron chi connectivity index (χ4n) is 9.13. The van der Waals surface area contributed by atoms with Crippen molar-refractivity contribution in [2.75, 3.05) is 0 Å². The molecule has 0 radical (unpaired) electrons. The van der Waals surface area contributed by atoms with Gasteiger partial charge < -0.3 is 4.74 Å². The summed E-state index contributed by atoms with van der Waals surface area (Å²) < 4.78 is 11.4. The maximum Gasteiger partial charge on any atom is 0.137 e. The molecule has 0 amide bonds. The number of hydrogen-bond acceptors (Lipinski definition) is 3. The highest BCUT2D eigenvalue weighted by Gasteiger charge is 2.39. The summed E-state index contributed by atoms with van der Waals surface area (Å²) in [6, 6.07) is 26.1. The Bertz CT molecular complexity index is 2420. The molecule has 3 aromatic carbocycles. The van der Waals surface area contributed by atoms with Crippen LogP contribution in [-0.2, 0) is 10.8 Å². The zero-order chi connectivity index (χ0) is 40.4. The number of ether oxygens (including phenoxy) is 1. The van der Waals surface area contributed by atoms with E-state index in [1.165, 1.54) is 39.6 Å². The average Bonchev–Trinajstić information content (AvgIpc) is 3.62. The molecule has 0 spiro atoms. The number of fused-ring (bicyclic) bond motifs is 3. The Morgan fingerprint density at radius 1 is 0.714 bits per heavy atom. The third kappa shape index (κ3) is 7.35. The van der Waals surface area contributed by atoms with E-state index in [0.717, 1.165) is 39.7 Å². The minimum atomic E-state index is -0.0985. The Hall–Kier alpha value is -4.64. The molecular weight excluding hydrogens is 685 g/mol. The van der Waals surface area contributed by atoms with Crippen molar-refractivity contribution in [2.24, 2.45) is 29.6 Å². The van der Waals surface area contributed by atoms with Crippen molar-refractivity contribution in [3.05, 3.63) is 119 Å². The molecule has 7 rings (SSSR count). The Morgan fingerprint density at radius 2 is 1.41 bits per heavy atom. The number of aryl methyl sites for hydroxylation is 1. The quantitative estimate of drug-likeness (QED) is 0.146. The van der Waals surface area contributed by atoms with Crippen LogP contribution >= 0.6 is 0 Å². The first-order chi connectivity index (χ1) is 26.3. The van der Waals surface area contributed by atoms with E-state index in [0.29, 0.717) is 35.5 Å². The van der Waals surface area contributed by atoms with Gasteiger partial charge in [0.2, 0.25) is 0 Å². The number of hydrogen-bond donors (Lipinski definition) is 0. The minimum absolute atomic E-state index is 0.00349. The highest BCUT2D eigenvalue weighted by Crippen LogP contribution is 2.50. The van der Waals surface area contributed by atoms with Gasteiger partial charge in [0.1, 0.15) is 17.3 Å². The molecule has 294 valence electrons. The fraction of sp³-hybridized carbons (Fsp3) is 0.451. The number of nitrogens with zero attached hydrogens (tertiary/aromatic N) is 4. The first kappa shape index (κ1) is 39.6. The second-order valence-corrected chi connectivity index (χ2v) is 19.6. The van der Waals surface area contributed by atoms with E-state index in [-0.39, 0.29) is 10.8 Å². The van der Waals surface area contributed by atoms with Gasteiger partial charge >= 0.3 is 0 Å². The molecule has 3 atom stereocenters. The molecule has 1 aliphatic rings. The SMILES string of the molecule is Cc1nn(-c2cc(Oc3ccc4c5ccccc5n(-c5cc(C(C)(C)C)ccn5)c4c3)cc(C(C)(C)C)c2)c(C)c1C1C(C(C)C)=C[C@H](C(C)C)C[C@@H]1C(C)C. The van der Waals surface area contributed by atoms with Crippen LogP contribution in [0.25, 0.3) is 33.3 Å². The van der Waals surface area contributed by atoms with Crippen LogP contribution in [0.5, 0.6) is 11.5 Å². The molecule has 5 nitrogen and oxygen atoms in total. The Labute approximate surface area is 336 Å². The second-order valence-electron chi connectivity index (χ2n) is 19.6. The maximum absolute atomic E-state index is 6.89. The molecule has 5 heteroatoms. The molecule has 6 aromatic rings. The van der Waals surface area contributed by atoms with E-state index >= 15 is 0 Å². The van der Waals surface area contributed by atoms with E-state index in [1.54, 1.807) is 5.57 Å². The fourth-order valence-corrected chi connectivity index (χ4v) is 9.13. The van der Waals surface area contributed by atoms with Crippen molar-refractivity contribution in [1.82, 2.24) is 19.3 Å². The highest BCUT2D eigenvalue weighted by molar-refractivity contribution is 6.09. The second kappa shape index (κ2) is 14.7. The van der Waals surface area contributed by atoms with Gasteiger partial charge in [0.15, 0.2) is 0 Å². The van der Waals surface area contributed by atoms with E-state index in [1.807, 2.05) is 6.20 Å². The number of pyridine rings is 1. The van der Waals surface area contributed by atoms with Crippen molar-refractivity contribution in [3.63, 3.8) is 0 Å². The van der Waals surface area contributed by atoms with E-state index < -0.39 is 0 Å². The summed E-state index contributed by atoms with van der Waals surface area (Å²) in [7, 11) is 0. The highest BCUT2D eigenvalue weighted by atomic mass is 16.5. The van der Waals surface area contributed by atoms with Crippen molar-refractivity contribution < 1.29 is 4.74 Å². The minimum Gasteiger partial charge on any atom is -0.457 e. The van der Waals surface area contributed by atoms with Crippen LogP contribution in [0.3, 0.4) is 0 Å². The van der Waals surface area contributed by atoms with E-state index in [4.69, 9.17) is 14.8 Å². The molecule has 1 aliphatic carbocycles. The largest absolute Gasteiger partial charge is 0.457 e. The molecule has 0 bridgehead atoms. The summed E-state index contributed by atoms with van der Waals surface area (Å²) in [5.41, 5.74) is 10.9. The zero-order valence-electron chi connectivity index (χ0n) is 36.5. The van der Waals surface area contributed by atoms with Crippen LogP contribution in [0, 0.1) is 43.4 Å². The van der Waals surface area contributed by atoms with E-state index in [2.05, 4.69) is 185 Å². The number of para-hydroxylation sites is 1. The van der Waals surface area contributed by atoms with Crippen LogP contribution < -0.4 is 4.74 Å². The van der Waals surface area contributed by atoms with Gasteiger partial charge in [-0.25, -0.2) is 9.67 Å². The summed E-state index contributed by atoms with van der Waals surface area (Å²) in [5.74, 6) is 5.71. The van der Waals surface area contributed by atoms with Crippen molar-refractivity contribution >= 4 is 21.8 Å². The lowest BCUT2D eigenvalue weighted by molar-refractivity contribution is 0.232. The Morgan fingerprint density at radius 3 is 2.07 bits per heavy atom. The van der Waals surface area contributed by atoms with Crippen LogP contribution in [-0.4, -0.2) is 19.3 Å². The standard InChI is InChI=1S/C51H64N4O/c1-30(2)35-23-43(31(3)4)49(44(24-35)32(5)6)48-33(7)53-55(34(48)8)38-25-37(51(12,13)14)26-40(28-38)56-39-19-20-42-41-17-15-16-18-45(41)54(46(42)29-39)47-27-36(21-22-52-47)50(9,10)11/h15-23,25-32,35,44,49H,24H2,1-14H3/t35-,44+,49?/m0/s1. The number of aromatic nitrogens is 4. The number of benzene rings is 3. The lowest BCUT2D eigenvalue weighted by atomic mass is 9.63. The lowest BCUT2D eigenvalue weighted by Crippen LogP contribution is -2.31. The summed E-state index contributed by atoms with van der Waals surface area (Å²) >= 11 is 0. The van der Waals surface area contributed by atoms with Gasteiger partial charge in [-0.1, -0.05) is 113 Å². The molecule has 0 saturated heterocycles. The third-order valence-electron chi connectivity index (χ3n) is 12.5. The maximum atomic E-state index is 6.89. The normalized spacial score (nSPS) is 18.2. The molecular formula is C51H64N4O. The molecule has 0 N–H and O–H groups in total. The van der Waals surface area contributed by atoms with Gasteiger partial charge in [-0.3, -0.25) is 4.57 Å².